The Hall–Kier alpha value is -3.02. The highest BCUT2D eigenvalue weighted by Gasteiger charge is 2.21. The molecule has 0 saturated heterocycles. The first-order valence-electron chi connectivity index (χ1n) is 8.43. The van der Waals surface area contributed by atoms with E-state index in [1.54, 1.807) is 6.21 Å². The molecule has 1 atom stereocenters. The summed E-state index contributed by atoms with van der Waals surface area (Å²) in [5.74, 6) is 2.32. The zero-order valence-corrected chi connectivity index (χ0v) is 14.2. The van der Waals surface area contributed by atoms with Crippen molar-refractivity contribution in [3.8, 4) is 11.5 Å². The largest absolute Gasteiger partial charge is 0.493 e. The van der Waals surface area contributed by atoms with Crippen LogP contribution in [0.5, 0.6) is 11.5 Å². The van der Waals surface area contributed by atoms with Gasteiger partial charge in [0.05, 0.1) is 23.9 Å². The highest BCUT2D eigenvalue weighted by Crippen LogP contribution is 2.34. The summed E-state index contributed by atoms with van der Waals surface area (Å²) in [5, 5.41) is 4.29. The van der Waals surface area contributed by atoms with Gasteiger partial charge in [0.1, 0.15) is 17.6 Å². The van der Waals surface area contributed by atoms with Gasteiger partial charge in [0.25, 0.3) is 0 Å². The van der Waals surface area contributed by atoms with Gasteiger partial charge in [-0.1, -0.05) is 12.1 Å². The van der Waals surface area contributed by atoms with Crippen molar-refractivity contribution in [1.29, 1.82) is 0 Å². The van der Waals surface area contributed by atoms with Gasteiger partial charge >= 0.3 is 0 Å². The van der Waals surface area contributed by atoms with Gasteiger partial charge in [0.2, 0.25) is 5.95 Å². The molecule has 25 heavy (non-hydrogen) atoms. The molecular weight excluding hydrogens is 316 g/mol. The number of ether oxygens (including phenoxy) is 2. The fourth-order valence-electron chi connectivity index (χ4n) is 3.01. The molecule has 0 fully saturated rings. The van der Waals surface area contributed by atoms with Gasteiger partial charge in [-0.3, -0.25) is 0 Å². The first-order valence-corrected chi connectivity index (χ1v) is 8.43. The van der Waals surface area contributed by atoms with E-state index >= 15 is 0 Å². The number of aromatic amines is 1. The van der Waals surface area contributed by atoms with E-state index in [0.717, 1.165) is 34.5 Å². The molecule has 6 nitrogen and oxygen atoms in total. The molecule has 1 aromatic heterocycles. The minimum absolute atomic E-state index is 0.199. The van der Waals surface area contributed by atoms with Crippen LogP contribution in [0.1, 0.15) is 25.0 Å². The summed E-state index contributed by atoms with van der Waals surface area (Å²) in [6.07, 6.45) is 2.83. The van der Waals surface area contributed by atoms with Crippen LogP contribution in [0.3, 0.4) is 0 Å². The van der Waals surface area contributed by atoms with E-state index in [4.69, 9.17) is 9.47 Å². The van der Waals surface area contributed by atoms with Gasteiger partial charge in [-0.2, -0.15) is 5.10 Å². The molecule has 3 aromatic rings. The van der Waals surface area contributed by atoms with E-state index in [2.05, 4.69) is 27.4 Å². The van der Waals surface area contributed by atoms with Crippen LogP contribution in [0.2, 0.25) is 0 Å². The lowest BCUT2D eigenvalue weighted by Crippen LogP contribution is -2.05. The Morgan fingerprint density at radius 3 is 3.12 bits per heavy atom. The number of nitrogens with zero attached hydrogens (tertiary/aromatic N) is 2. The monoisotopic (exact) mass is 336 g/mol. The average Bonchev–Trinajstić information content (AvgIpc) is 3.16. The van der Waals surface area contributed by atoms with Crippen LogP contribution >= 0.6 is 0 Å². The van der Waals surface area contributed by atoms with Gasteiger partial charge < -0.3 is 14.5 Å². The van der Waals surface area contributed by atoms with Gasteiger partial charge in [-0.05, 0) is 38.1 Å². The van der Waals surface area contributed by atoms with E-state index in [9.17, 15) is 0 Å². The fraction of sp³-hybridized carbons (Fsp3) is 0.263. The van der Waals surface area contributed by atoms with E-state index in [0.29, 0.717) is 12.6 Å². The predicted octanol–water partition coefficient (Wildman–Crippen LogP) is 3.73. The number of imidazole rings is 1. The number of benzene rings is 2. The first-order chi connectivity index (χ1) is 12.2. The maximum atomic E-state index is 5.83. The lowest BCUT2D eigenvalue weighted by atomic mass is 10.1. The van der Waals surface area contributed by atoms with Crippen molar-refractivity contribution in [2.24, 2.45) is 5.10 Å². The molecule has 128 valence electrons. The van der Waals surface area contributed by atoms with Crippen molar-refractivity contribution in [2.45, 2.75) is 26.4 Å². The number of hydrogen-bond acceptors (Lipinski definition) is 5. The molecule has 4 rings (SSSR count). The molecule has 0 bridgehead atoms. The van der Waals surface area contributed by atoms with Crippen LogP contribution in [0.4, 0.5) is 5.95 Å². The third-order valence-electron chi connectivity index (χ3n) is 4.09. The molecule has 6 heteroatoms. The zero-order valence-electron chi connectivity index (χ0n) is 14.2. The number of nitrogens with one attached hydrogen (secondary N) is 2. The second-order valence-electron chi connectivity index (χ2n) is 6.04. The van der Waals surface area contributed by atoms with Crippen molar-refractivity contribution in [2.75, 3.05) is 12.0 Å². The molecule has 0 aliphatic carbocycles. The normalized spacial score (nSPS) is 16.2. The van der Waals surface area contributed by atoms with Gasteiger partial charge in [-0.15, -0.1) is 0 Å². The van der Waals surface area contributed by atoms with Crippen LogP contribution in [0, 0.1) is 0 Å². The molecule has 2 N–H and O–H groups in total. The summed E-state index contributed by atoms with van der Waals surface area (Å²) in [5.41, 5.74) is 6.85. The molecule has 2 aromatic carbocycles. The second-order valence-corrected chi connectivity index (χ2v) is 6.04. The molecular formula is C19H20N4O2. The number of rotatable bonds is 5. The minimum Gasteiger partial charge on any atom is -0.493 e. The standard InChI is InChI=1S/C19H20N4O2/c1-3-24-17-9-13-8-12(2)25-18(13)10-14(17)11-20-23-19-21-15-6-4-5-7-16(15)22-19/h4-7,9-12H,3,8H2,1-2H3,(H2,21,22,23)/b20-11-/t12-/m1/s1. The highest BCUT2D eigenvalue weighted by atomic mass is 16.5. The third kappa shape index (κ3) is 3.15. The zero-order chi connectivity index (χ0) is 17.2. The molecule has 1 aliphatic rings. The molecule has 0 radical (unpaired) electrons. The predicted molar refractivity (Wildman–Crippen MR) is 98.7 cm³/mol. The molecule has 0 amide bonds. The van der Waals surface area contributed by atoms with Crippen molar-refractivity contribution >= 4 is 23.2 Å². The van der Waals surface area contributed by atoms with E-state index in [1.165, 1.54) is 5.56 Å². The topological polar surface area (TPSA) is 71.5 Å². The summed E-state index contributed by atoms with van der Waals surface area (Å²) in [4.78, 5) is 7.61. The van der Waals surface area contributed by atoms with Crippen molar-refractivity contribution < 1.29 is 9.47 Å². The average molecular weight is 336 g/mol. The minimum atomic E-state index is 0.199. The molecule has 1 aliphatic heterocycles. The number of fused-ring (bicyclic) bond motifs is 2. The smallest absolute Gasteiger partial charge is 0.222 e. The van der Waals surface area contributed by atoms with Crippen LogP contribution in [-0.2, 0) is 6.42 Å². The summed E-state index contributed by atoms with van der Waals surface area (Å²) < 4.78 is 11.6. The quantitative estimate of drug-likeness (QED) is 0.550. The Bertz CT molecular complexity index is 899. The molecule has 0 spiro atoms. The highest BCUT2D eigenvalue weighted by molar-refractivity contribution is 5.85. The number of para-hydroxylation sites is 2. The van der Waals surface area contributed by atoms with Crippen LogP contribution in [0.25, 0.3) is 11.0 Å². The van der Waals surface area contributed by atoms with Crippen LogP contribution in [-0.4, -0.2) is 28.9 Å². The Kier molecular flexibility index (Phi) is 4.01. The Morgan fingerprint density at radius 2 is 2.28 bits per heavy atom. The lowest BCUT2D eigenvalue weighted by Gasteiger charge is -2.09. The Labute approximate surface area is 145 Å². The SMILES string of the molecule is CCOc1cc2c(cc1/C=N\Nc1nc3ccccc3[nH]1)O[C@H](C)C2. The summed E-state index contributed by atoms with van der Waals surface area (Å²) in [6.45, 7) is 4.64. The fourth-order valence-corrected chi connectivity index (χ4v) is 3.01. The first kappa shape index (κ1) is 15.5. The third-order valence-corrected chi connectivity index (χ3v) is 4.09. The Balaban J connectivity index is 1.56. The van der Waals surface area contributed by atoms with Gasteiger partial charge in [0, 0.05) is 17.5 Å². The molecule has 0 unspecified atom stereocenters. The van der Waals surface area contributed by atoms with Crippen molar-refractivity contribution in [3.05, 3.63) is 47.5 Å². The molecule has 0 saturated carbocycles. The summed E-state index contributed by atoms with van der Waals surface area (Å²) >= 11 is 0. The number of anilines is 1. The van der Waals surface area contributed by atoms with Crippen LogP contribution < -0.4 is 14.9 Å². The van der Waals surface area contributed by atoms with Crippen molar-refractivity contribution in [1.82, 2.24) is 9.97 Å². The maximum Gasteiger partial charge on any atom is 0.222 e. The number of hydrogen-bond donors (Lipinski definition) is 2. The van der Waals surface area contributed by atoms with Crippen LogP contribution in [0.15, 0.2) is 41.5 Å². The van der Waals surface area contributed by atoms with Gasteiger partial charge in [-0.25, -0.2) is 10.4 Å². The number of H-pyrrole nitrogens is 1. The summed E-state index contributed by atoms with van der Waals surface area (Å²) in [7, 11) is 0. The lowest BCUT2D eigenvalue weighted by molar-refractivity contribution is 0.254. The maximum absolute atomic E-state index is 5.83. The number of hydrazone groups is 1. The van der Waals surface area contributed by atoms with E-state index in [1.807, 2.05) is 43.3 Å². The van der Waals surface area contributed by atoms with E-state index in [-0.39, 0.29) is 6.10 Å². The summed E-state index contributed by atoms with van der Waals surface area (Å²) in [6, 6.07) is 11.9. The van der Waals surface area contributed by atoms with Crippen molar-refractivity contribution in [3.63, 3.8) is 0 Å². The number of aromatic nitrogens is 2. The molecule has 2 heterocycles. The van der Waals surface area contributed by atoms with E-state index < -0.39 is 0 Å². The Morgan fingerprint density at radius 1 is 1.40 bits per heavy atom. The second kappa shape index (κ2) is 6.47. The van der Waals surface area contributed by atoms with Gasteiger partial charge in [0.15, 0.2) is 0 Å².